The van der Waals surface area contributed by atoms with Crippen LogP contribution in [0.4, 0.5) is 0 Å². The van der Waals surface area contributed by atoms with Gasteiger partial charge < -0.3 is 10.2 Å². The minimum Gasteiger partial charge on any atom is -0.317 e. The molecule has 1 saturated carbocycles. The van der Waals surface area contributed by atoms with Gasteiger partial charge in [-0.15, -0.1) is 0 Å². The Hall–Kier alpha value is -0.0800. The summed E-state index contributed by atoms with van der Waals surface area (Å²) in [5, 5.41) is 3.54. The number of hydrogen-bond donors (Lipinski definition) is 1. The van der Waals surface area contributed by atoms with E-state index < -0.39 is 0 Å². The topological polar surface area (TPSA) is 15.3 Å². The summed E-state index contributed by atoms with van der Waals surface area (Å²) in [7, 11) is 4.44. The van der Waals surface area contributed by atoms with E-state index in [2.05, 4.69) is 38.2 Å². The molecule has 0 aromatic heterocycles. The number of nitrogens with one attached hydrogen (secondary N) is 1. The lowest BCUT2D eigenvalue weighted by Crippen LogP contribution is -2.41. The molecule has 17 heavy (non-hydrogen) atoms. The Morgan fingerprint density at radius 2 is 1.94 bits per heavy atom. The van der Waals surface area contributed by atoms with Crippen molar-refractivity contribution in [1.29, 1.82) is 0 Å². The van der Waals surface area contributed by atoms with E-state index in [-0.39, 0.29) is 0 Å². The van der Waals surface area contributed by atoms with Crippen molar-refractivity contribution in [1.82, 2.24) is 10.2 Å². The summed E-state index contributed by atoms with van der Waals surface area (Å²) < 4.78 is 0. The molecule has 2 nitrogen and oxygen atoms in total. The Morgan fingerprint density at radius 1 is 1.24 bits per heavy atom. The molecule has 0 saturated heterocycles. The molecule has 0 aromatic rings. The van der Waals surface area contributed by atoms with Crippen LogP contribution in [-0.2, 0) is 0 Å². The molecule has 0 aliphatic heterocycles. The van der Waals surface area contributed by atoms with Gasteiger partial charge in [-0.1, -0.05) is 32.6 Å². The molecule has 1 aliphatic rings. The van der Waals surface area contributed by atoms with E-state index in [1.54, 1.807) is 0 Å². The minimum absolute atomic E-state index is 0.737. The van der Waals surface area contributed by atoms with Crippen molar-refractivity contribution in [3.8, 4) is 0 Å². The zero-order chi connectivity index (χ0) is 12.7. The molecule has 3 atom stereocenters. The lowest BCUT2D eigenvalue weighted by atomic mass is 9.93. The molecule has 102 valence electrons. The van der Waals surface area contributed by atoms with Gasteiger partial charge in [0.2, 0.25) is 0 Å². The normalized spacial score (nSPS) is 28.1. The smallest absolute Gasteiger partial charge is 0.0104 e. The van der Waals surface area contributed by atoms with Crippen LogP contribution in [0.1, 0.15) is 58.8 Å². The number of rotatable bonds is 6. The summed E-state index contributed by atoms with van der Waals surface area (Å²) in [4.78, 5) is 2.57. The number of hydrogen-bond acceptors (Lipinski definition) is 2. The molecule has 0 bridgehead atoms. The van der Waals surface area contributed by atoms with Crippen LogP contribution in [0.5, 0.6) is 0 Å². The van der Waals surface area contributed by atoms with Gasteiger partial charge in [-0.2, -0.15) is 0 Å². The highest BCUT2D eigenvalue weighted by atomic mass is 15.1. The lowest BCUT2D eigenvalue weighted by Gasteiger charge is -2.32. The fourth-order valence-corrected chi connectivity index (χ4v) is 3.17. The molecule has 1 fully saturated rings. The number of nitrogens with zero attached hydrogens (tertiary/aromatic N) is 1. The average molecular weight is 240 g/mol. The molecule has 2 heteroatoms. The van der Waals surface area contributed by atoms with Crippen LogP contribution in [0, 0.1) is 5.92 Å². The molecule has 1 aliphatic carbocycles. The van der Waals surface area contributed by atoms with Gasteiger partial charge in [-0.3, -0.25) is 0 Å². The van der Waals surface area contributed by atoms with Gasteiger partial charge in [-0.05, 0) is 46.2 Å². The van der Waals surface area contributed by atoms with Crippen molar-refractivity contribution in [2.24, 2.45) is 5.92 Å². The van der Waals surface area contributed by atoms with Crippen molar-refractivity contribution in [2.45, 2.75) is 70.9 Å². The van der Waals surface area contributed by atoms with Crippen molar-refractivity contribution < 1.29 is 0 Å². The Labute approximate surface area is 108 Å². The van der Waals surface area contributed by atoms with Crippen LogP contribution in [0.3, 0.4) is 0 Å². The van der Waals surface area contributed by atoms with Crippen molar-refractivity contribution in [2.75, 3.05) is 20.6 Å². The molecule has 1 rings (SSSR count). The van der Waals surface area contributed by atoms with Crippen LogP contribution in [0.25, 0.3) is 0 Å². The van der Waals surface area contributed by atoms with Gasteiger partial charge in [0.05, 0.1) is 0 Å². The maximum atomic E-state index is 3.54. The predicted molar refractivity (Wildman–Crippen MR) is 76.4 cm³/mol. The monoisotopic (exact) mass is 240 g/mol. The van der Waals surface area contributed by atoms with Crippen LogP contribution >= 0.6 is 0 Å². The van der Waals surface area contributed by atoms with Crippen LogP contribution < -0.4 is 5.32 Å². The second-order valence-corrected chi connectivity index (χ2v) is 5.87. The summed E-state index contributed by atoms with van der Waals surface area (Å²) in [6.07, 6.45) is 9.68. The quantitative estimate of drug-likeness (QED) is 0.717. The summed E-state index contributed by atoms with van der Waals surface area (Å²) >= 11 is 0. The van der Waals surface area contributed by atoms with Gasteiger partial charge in [-0.25, -0.2) is 0 Å². The Morgan fingerprint density at radius 3 is 2.59 bits per heavy atom. The molecule has 0 spiro atoms. The van der Waals surface area contributed by atoms with Gasteiger partial charge >= 0.3 is 0 Å². The molecule has 0 radical (unpaired) electrons. The molecular formula is C15H32N2. The molecule has 0 aromatic carbocycles. The fourth-order valence-electron chi connectivity index (χ4n) is 3.17. The molecular weight excluding hydrogens is 208 g/mol. The highest BCUT2D eigenvalue weighted by Gasteiger charge is 2.24. The first-order chi connectivity index (χ1) is 8.19. The van der Waals surface area contributed by atoms with E-state index >= 15 is 0 Å². The third kappa shape index (κ3) is 4.97. The van der Waals surface area contributed by atoms with E-state index in [9.17, 15) is 0 Å². The summed E-state index contributed by atoms with van der Waals surface area (Å²) in [6.45, 7) is 5.92. The molecule has 0 amide bonds. The maximum Gasteiger partial charge on any atom is 0.0104 e. The van der Waals surface area contributed by atoms with Crippen molar-refractivity contribution in [3.05, 3.63) is 0 Å². The first kappa shape index (κ1) is 15.0. The zero-order valence-corrected chi connectivity index (χ0v) is 12.3. The van der Waals surface area contributed by atoms with E-state index in [1.807, 2.05) is 0 Å². The van der Waals surface area contributed by atoms with Gasteiger partial charge in [0.1, 0.15) is 0 Å². The fraction of sp³-hybridized carbons (Fsp3) is 1.00. The van der Waals surface area contributed by atoms with Crippen molar-refractivity contribution in [3.63, 3.8) is 0 Å². The van der Waals surface area contributed by atoms with Crippen molar-refractivity contribution >= 4 is 0 Å². The Bertz CT molecular complexity index is 193. The second-order valence-electron chi connectivity index (χ2n) is 5.87. The first-order valence-corrected chi connectivity index (χ1v) is 7.56. The van der Waals surface area contributed by atoms with E-state index in [1.165, 1.54) is 51.5 Å². The van der Waals surface area contributed by atoms with Gasteiger partial charge in [0, 0.05) is 18.6 Å². The summed E-state index contributed by atoms with van der Waals surface area (Å²) in [5.41, 5.74) is 0. The first-order valence-electron chi connectivity index (χ1n) is 7.56. The van der Waals surface area contributed by atoms with E-state index in [4.69, 9.17) is 0 Å². The Balaban J connectivity index is 2.45. The zero-order valence-electron chi connectivity index (χ0n) is 12.3. The SMILES string of the molecule is CCCC(C)N(C)CC1CCCCCC1NC. The van der Waals surface area contributed by atoms with E-state index in [0.717, 1.165) is 18.0 Å². The molecule has 1 N–H and O–H groups in total. The minimum atomic E-state index is 0.737. The van der Waals surface area contributed by atoms with Crippen LogP contribution in [0.2, 0.25) is 0 Å². The van der Waals surface area contributed by atoms with Crippen LogP contribution in [-0.4, -0.2) is 37.6 Å². The molecule has 3 unspecified atom stereocenters. The third-order valence-electron chi connectivity index (χ3n) is 4.51. The highest BCUT2D eigenvalue weighted by Crippen LogP contribution is 2.24. The maximum absolute atomic E-state index is 3.54. The van der Waals surface area contributed by atoms with Gasteiger partial charge in [0.25, 0.3) is 0 Å². The summed E-state index contributed by atoms with van der Waals surface area (Å²) in [6, 6.07) is 1.48. The van der Waals surface area contributed by atoms with Gasteiger partial charge in [0.15, 0.2) is 0 Å². The lowest BCUT2D eigenvalue weighted by molar-refractivity contribution is 0.180. The second kappa shape index (κ2) is 8.10. The van der Waals surface area contributed by atoms with Crippen LogP contribution in [0.15, 0.2) is 0 Å². The molecule has 0 heterocycles. The Kier molecular flexibility index (Phi) is 7.14. The largest absolute Gasteiger partial charge is 0.317 e. The summed E-state index contributed by atoms with van der Waals surface area (Å²) in [5.74, 6) is 0.854. The highest BCUT2D eigenvalue weighted by molar-refractivity contribution is 4.81. The van der Waals surface area contributed by atoms with E-state index in [0.29, 0.717) is 0 Å². The third-order valence-corrected chi connectivity index (χ3v) is 4.51. The standard InChI is InChI=1S/C15H32N2/c1-5-9-13(2)17(4)12-14-10-7-6-8-11-15(14)16-3/h13-16H,5-12H2,1-4H3. The predicted octanol–water partition coefficient (Wildman–Crippen LogP) is 3.28. The average Bonchev–Trinajstić information content (AvgIpc) is 2.54.